The standard InChI is InChI=1S/C17H15Cl2N3O3/c1-2-25-15-6-4-3-5-14(15)21-16(23)17(24)22-20-10-11-7-8-12(18)13(19)9-11/h3-10H,2H2,1H3,(H,21,23)(H,22,24)/b20-10-. The van der Waals surface area contributed by atoms with Crippen molar-refractivity contribution in [3.63, 3.8) is 0 Å². The summed E-state index contributed by atoms with van der Waals surface area (Å²) in [6.45, 7) is 2.26. The van der Waals surface area contributed by atoms with E-state index >= 15 is 0 Å². The van der Waals surface area contributed by atoms with Gasteiger partial charge in [0, 0.05) is 0 Å². The second-order valence-corrected chi connectivity index (χ2v) is 5.57. The highest BCUT2D eigenvalue weighted by Gasteiger charge is 2.15. The van der Waals surface area contributed by atoms with Crippen LogP contribution < -0.4 is 15.5 Å². The molecule has 8 heteroatoms. The molecular formula is C17H15Cl2N3O3. The molecule has 0 bridgehead atoms. The van der Waals surface area contributed by atoms with Crippen molar-refractivity contribution in [2.75, 3.05) is 11.9 Å². The van der Waals surface area contributed by atoms with Gasteiger partial charge in [0.25, 0.3) is 0 Å². The van der Waals surface area contributed by atoms with Gasteiger partial charge in [0.1, 0.15) is 5.75 Å². The average molecular weight is 380 g/mol. The van der Waals surface area contributed by atoms with E-state index in [0.717, 1.165) is 0 Å². The number of rotatable bonds is 5. The molecule has 25 heavy (non-hydrogen) atoms. The fraction of sp³-hybridized carbons (Fsp3) is 0.118. The Balaban J connectivity index is 1.95. The summed E-state index contributed by atoms with van der Waals surface area (Å²) in [5, 5.41) is 6.96. The van der Waals surface area contributed by atoms with Gasteiger partial charge >= 0.3 is 11.8 Å². The third-order valence-electron chi connectivity index (χ3n) is 2.96. The van der Waals surface area contributed by atoms with Gasteiger partial charge in [0.2, 0.25) is 0 Å². The third kappa shape index (κ3) is 5.48. The molecule has 0 saturated heterocycles. The van der Waals surface area contributed by atoms with Gasteiger partial charge in [-0.2, -0.15) is 5.10 Å². The molecule has 0 aliphatic carbocycles. The zero-order chi connectivity index (χ0) is 18.2. The van der Waals surface area contributed by atoms with Crippen LogP contribution in [-0.2, 0) is 9.59 Å². The van der Waals surface area contributed by atoms with Gasteiger partial charge in [-0.3, -0.25) is 9.59 Å². The van der Waals surface area contributed by atoms with Gasteiger partial charge in [-0.25, -0.2) is 5.43 Å². The Morgan fingerprint density at radius 2 is 1.88 bits per heavy atom. The Morgan fingerprint density at radius 1 is 1.12 bits per heavy atom. The highest BCUT2D eigenvalue weighted by atomic mass is 35.5. The Labute approximate surface area is 154 Å². The van der Waals surface area contributed by atoms with Crippen LogP contribution in [0, 0.1) is 0 Å². The molecular weight excluding hydrogens is 365 g/mol. The lowest BCUT2D eigenvalue weighted by atomic mass is 10.2. The smallest absolute Gasteiger partial charge is 0.329 e. The molecule has 2 N–H and O–H groups in total. The molecule has 130 valence electrons. The maximum atomic E-state index is 11.9. The van der Waals surface area contributed by atoms with E-state index in [1.165, 1.54) is 6.21 Å². The number of para-hydroxylation sites is 2. The molecule has 0 unspecified atom stereocenters. The van der Waals surface area contributed by atoms with Crippen LogP contribution in [0.2, 0.25) is 10.0 Å². The lowest BCUT2D eigenvalue weighted by Gasteiger charge is -2.10. The molecule has 0 aliphatic heterocycles. The van der Waals surface area contributed by atoms with Crippen LogP contribution in [0.3, 0.4) is 0 Å². The number of benzene rings is 2. The van der Waals surface area contributed by atoms with Crippen LogP contribution in [-0.4, -0.2) is 24.6 Å². The summed E-state index contributed by atoms with van der Waals surface area (Å²) in [6.07, 6.45) is 1.35. The number of halogens is 2. The first-order valence-electron chi connectivity index (χ1n) is 7.32. The van der Waals surface area contributed by atoms with Crippen LogP contribution in [0.1, 0.15) is 12.5 Å². The lowest BCUT2D eigenvalue weighted by molar-refractivity contribution is -0.136. The predicted molar refractivity (Wildman–Crippen MR) is 98.4 cm³/mol. The molecule has 2 amide bonds. The molecule has 2 aromatic rings. The molecule has 6 nitrogen and oxygen atoms in total. The molecule has 2 aromatic carbocycles. The summed E-state index contributed by atoms with van der Waals surface area (Å²) in [5.41, 5.74) is 3.16. The van der Waals surface area contributed by atoms with Crippen LogP contribution in [0.25, 0.3) is 0 Å². The maximum Gasteiger partial charge on any atom is 0.329 e. The van der Waals surface area contributed by atoms with E-state index in [-0.39, 0.29) is 0 Å². The topological polar surface area (TPSA) is 79.8 Å². The Morgan fingerprint density at radius 3 is 2.60 bits per heavy atom. The van der Waals surface area contributed by atoms with E-state index < -0.39 is 11.8 Å². The molecule has 0 aromatic heterocycles. The predicted octanol–water partition coefficient (Wildman–Crippen LogP) is 3.48. The Bertz CT molecular complexity index is 809. The summed E-state index contributed by atoms with van der Waals surface area (Å²) in [6, 6.07) is 11.7. The second-order valence-electron chi connectivity index (χ2n) is 4.76. The highest BCUT2D eigenvalue weighted by Crippen LogP contribution is 2.23. The van der Waals surface area contributed by atoms with E-state index in [0.29, 0.717) is 33.7 Å². The van der Waals surface area contributed by atoms with E-state index in [1.807, 2.05) is 6.92 Å². The minimum Gasteiger partial charge on any atom is -0.492 e. The summed E-state index contributed by atoms with van der Waals surface area (Å²) in [5.74, 6) is -1.30. The number of hydrogen-bond acceptors (Lipinski definition) is 4. The summed E-state index contributed by atoms with van der Waals surface area (Å²) in [4.78, 5) is 23.7. The number of nitrogens with one attached hydrogen (secondary N) is 2. The van der Waals surface area contributed by atoms with Crippen molar-refractivity contribution in [1.29, 1.82) is 0 Å². The molecule has 0 atom stereocenters. The zero-order valence-electron chi connectivity index (χ0n) is 13.3. The summed E-state index contributed by atoms with van der Waals surface area (Å²) >= 11 is 11.7. The fourth-order valence-electron chi connectivity index (χ4n) is 1.84. The quantitative estimate of drug-likeness (QED) is 0.474. The van der Waals surface area contributed by atoms with Crippen LogP contribution in [0.15, 0.2) is 47.6 Å². The van der Waals surface area contributed by atoms with Crippen molar-refractivity contribution in [3.05, 3.63) is 58.1 Å². The number of nitrogens with zero attached hydrogens (tertiary/aromatic N) is 1. The number of ether oxygens (including phenoxy) is 1. The highest BCUT2D eigenvalue weighted by molar-refractivity contribution is 6.42. The monoisotopic (exact) mass is 379 g/mol. The zero-order valence-corrected chi connectivity index (χ0v) is 14.8. The largest absolute Gasteiger partial charge is 0.492 e. The van der Waals surface area contributed by atoms with Gasteiger partial charge < -0.3 is 10.1 Å². The van der Waals surface area contributed by atoms with E-state index in [1.54, 1.807) is 42.5 Å². The molecule has 0 spiro atoms. The van der Waals surface area contributed by atoms with E-state index in [2.05, 4.69) is 15.8 Å². The second kappa shape index (κ2) is 9.05. The number of anilines is 1. The van der Waals surface area contributed by atoms with Crippen molar-refractivity contribution in [1.82, 2.24) is 5.43 Å². The number of amides is 2. The van der Waals surface area contributed by atoms with Crippen molar-refractivity contribution in [3.8, 4) is 5.75 Å². The van der Waals surface area contributed by atoms with Crippen LogP contribution >= 0.6 is 23.2 Å². The van der Waals surface area contributed by atoms with Crippen molar-refractivity contribution in [2.45, 2.75) is 6.92 Å². The minimum absolute atomic E-state index is 0.363. The maximum absolute atomic E-state index is 11.9. The first kappa shape index (κ1) is 18.8. The van der Waals surface area contributed by atoms with Crippen molar-refractivity contribution >= 4 is 46.9 Å². The van der Waals surface area contributed by atoms with E-state index in [9.17, 15) is 9.59 Å². The summed E-state index contributed by atoms with van der Waals surface area (Å²) < 4.78 is 5.38. The molecule has 2 rings (SSSR count). The van der Waals surface area contributed by atoms with Crippen LogP contribution in [0.4, 0.5) is 5.69 Å². The van der Waals surface area contributed by atoms with Gasteiger partial charge in [-0.1, -0.05) is 41.4 Å². The third-order valence-corrected chi connectivity index (χ3v) is 3.70. The minimum atomic E-state index is -0.914. The SMILES string of the molecule is CCOc1ccccc1NC(=O)C(=O)N/N=C\c1ccc(Cl)c(Cl)c1. The first-order valence-corrected chi connectivity index (χ1v) is 8.08. The normalized spacial score (nSPS) is 10.5. The van der Waals surface area contributed by atoms with Gasteiger partial charge in [0.15, 0.2) is 0 Å². The number of carbonyl (C=O) groups is 2. The van der Waals surface area contributed by atoms with Crippen molar-refractivity contribution < 1.29 is 14.3 Å². The van der Waals surface area contributed by atoms with Crippen LogP contribution in [0.5, 0.6) is 5.75 Å². The average Bonchev–Trinajstić information content (AvgIpc) is 2.60. The Kier molecular flexibility index (Phi) is 6.80. The molecule has 0 fully saturated rings. The van der Waals surface area contributed by atoms with Gasteiger partial charge in [-0.15, -0.1) is 0 Å². The first-order chi connectivity index (χ1) is 12.0. The Hall–Kier alpha value is -2.57. The lowest BCUT2D eigenvalue weighted by Crippen LogP contribution is -2.32. The van der Waals surface area contributed by atoms with Crippen molar-refractivity contribution in [2.24, 2.45) is 5.10 Å². The number of carbonyl (C=O) groups excluding carboxylic acids is 2. The molecule has 0 radical (unpaired) electrons. The fourth-order valence-corrected chi connectivity index (χ4v) is 2.15. The van der Waals surface area contributed by atoms with E-state index in [4.69, 9.17) is 27.9 Å². The molecule has 0 aliphatic rings. The number of hydrazone groups is 1. The molecule has 0 heterocycles. The van der Waals surface area contributed by atoms with Gasteiger partial charge in [-0.05, 0) is 36.8 Å². The summed E-state index contributed by atoms with van der Waals surface area (Å²) in [7, 11) is 0. The van der Waals surface area contributed by atoms with Gasteiger partial charge in [0.05, 0.1) is 28.6 Å². The number of hydrogen-bond donors (Lipinski definition) is 2. The molecule has 0 saturated carbocycles.